The molecule has 2 aromatic carbocycles. The Morgan fingerprint density at radius 1 is 0.778 bits per heavy atom. The first kappa shape index (κ1) is 17.9. The van der Waals surface area contributed by atoms with E-state index in [2.05, 4.69) is 17.1 Å². The van der Waals surface area contributed by atoms with Crippen LogP contribution in [-0.2, 0) is 0 Å². The Morgan fingerprint density at radius 2 is 1.37 bits per heavy atom. The molecule has 0 fully saturated rings. The average molecular weight is 361 g/mol. The Balaban J connectivity index is 1.31. The number of nitrogens with zero attached hydrogens (tertiary/aromatic N) is 1. The monoisotopic (exact) mass is 361 g/mol. The molecule has 0 saturated heterocycles. The molecule has 0 unspecified atom stereocenters. The number of aromatic hydroxyl groups is 2. The lowest BCUT2D eigenvalue weighted by Crippen LogP contribution is -2.33. The van der Waals surface area contributed by atoms with E-state index in [0.29, 0.717) is 11.5 Å². The van der Waals surface area contributed by atoms with E-state index in [1.54, 1.807) is 24.3 Å². The van der Waals surface area contributed by atoms with Gasteiger partial charge in [0.15, 0.2) is 0 Å². The minimum Gasteiger partial charge on any atom is -0.508 e. The lowest BCUT2D eigenvalue weighted by molar-refractivity contribution is 0.243. The van der Waals surface area contributed by atoms with E-state index in [4.69, 9.17) is 0 Å². The molecule has 0 spiro atoms. The second-order valence-corrected chi connectivity index (χ2v) is 7.70. The molecule has 2 N–H and O–H groups in total. The summed E-state index contributed by atoms with van der Waals surface area (Å²) in [7, 11) is 0. The highest BCUT2D eigenvalue weighted by Gasteiger charge is 2.20. The summed E-state index contributed by atoms with van der Waals surface area (Å²) in [6.45, 7) is 3.29. The van der Waals surface area contributed by atoms with Gasteiger partial charge in [-0.3, -0.25) is 4.90 Å². The standard InChI is InChI=1S/C24H27NO2/c26-23-9-5-20(6-10-23)19-3-1-18(2-4-19)17-25-15-13-22(14-16-25)21-7-11-24(27)12-8-21/h3,5-13,18,26-27H,1-2,4,14-17H2/t18-/m1/s1. The normalized spacial score (nSPS) is 20.8. The summed E-state index contributed by atoms with van der Waals surface area (Å²) < 4.78 is 0. The van der Waals surface area contributed by atoms with Gasteiger partial charge in [0.2, 0.25) is 0 Å². The first-order chi connectivity index (χ1) is 13.2. The van der Waals surface area contributed by atoms with Crippen LogP contribution in [0, 0.1) is 5.92 Å². The Bertz CT molecular complexity index is 762. The Labute approximate surface area is 161 Å². The van der Waals surface area contributed by atoms with E-state index in [1.165, 1.54) is 35.2 Å². The lowest BCUT2D eigenvalue weighted by atomic mass is 9.86. The zero-order chi connectivity index (χ0) is 18.6. The molecule has 0 amide bonds. The molecule has 3 nitrogen and oxygen atoms in total. The van der Waals surface area contributed by atoms with Gasteiger partial charge < -0.3 is 10.2 Å². The average Bonchev–Trinajstić information content (AvgIpc) is 2.71. The van der Waals surface area contributed by atoms with Gasteiger partial charge in [0.05, 0.1) is 0 Å². The van der Waals surface area contributed by atoms with Crippen LogP contribution in [-0.4, -0.2) is 34.7 Å². The van der Waals surface area contributed by atoms with Crippen molar-refractivity contribution in [1.82, 2.24) is 4.90 Å². The molecule has 1 aliphatic carbocycles. The predicted octanol–water partition coefficient (Wildman–Crippen LogP) is 5.07. The molecule has 0 aromatic heterocycles. The number of phenolic OH excluding ortho intramolecular Hbond substituents is 2. The van der Waals surface area contributed by atoms with Gasteiger partial charge in [0, 0.05) is 19.6 Å². The molecule has 2 aliphatic rings. The summed E-state index contributed by atoms with van der Waals surface area (Å²) in [6.07, 6.45) is 9.31. The summed E-state index contributed by atoms with van der Waals surface area (Å²) in [5, 5.41) is 18.9. The van der Waals surface area contributed by atoms with Crippen molar-refractivity contribution in [2.45, 2.75) is 25.7 Å². The summed E-state index contributed by atoms with van der Waals surface area (Å²) >= 11 is 0. The van der Waals surface area contributed by atoms with Crippen molar-refractivity contribution in [3.63, 3.8) is 0 Å². The van der Waals surface area contributed by atoms with Gasteiger partial charge in [0.1, 0.15) is 11.5 Å². The van der Waals surface area contributed by atoms with Crippen LogP contribution in [0.15, 0.2) is 60.7 Å². The van der Waals surface area contributed by atoms with Crippen molar-refractivity contribution < 1.29 is 10.2 Å². The van der Waals surface area contributed by atoms with E-state index in [0.717, 1.165) is 38.3 Å². The predicted molar refractivity (Wildman–Crippen MR) is 111 cm³/mol. The highest BCUT2D eigenvalue weighted by Crippen LogP contribution is 2.32. The number of benzene rings is 2. The SMILES string of the molecule is Oc1ccc(C2=CC[C@@H](CN3CC=C(c4ccc(O)cc4)CC3)CC2)cc1. The van der Waals surface area contributed by atoms with Crippen LogP contribution < -0.4 is 0 Å². The van der Waals surface area contributed by atoms with E-state index in [9.17, 15) is 10.2 Å². The largest absolute Gasteiger partial charge is 0.508 e. The van der Waals surface area contributed by atoms with Crippen molar-refractivity contribution in [2.24, 2.45) is 5.92 Å². The minimum atomic E-state index is 0.328. The van der Waals surface area contributed by atoms with Gasteiger partial charge in [-0.05, 0) is 78.1 Å². The van der Waals surface area contributed by atoms with Gasteiger partial charge in [-0.25, -0.2) is 0 Å². The zero-order valence-corrected chi connectivity index (χ0v) is 15.6. The second-order valence-electron chi connectivity index (χ2n) is 7.70. The fraction of sp³-hybridized carbons (Fsp3) is 0.333. The first-order valence-electron chi connectivity index (χ1n) is 9.86. The van der Waals surface area contributed by atoms with Crippen molar-refractivity contribution >= 4 is 11.1 Å². The molecule has 1 heterocycles. The molecule has 0 radical (unpaired) electrons. The Hall–Kier alpha value is -2.52. The maximum atomic E-state index is 9.44. The lowest BCUT2D eigenvalue weighted by Gasteiger charge is -2.31. The molecule has 0 saturated carbocycles. The van der Waals surface area contributed by atoms with Crippen LogP contribution in [0.5, 0.6) is 11.5 Å². The third-order valence-electron chi connectivity index (χ3n) is 5.81. The van der Waals surface area contributed by atoms with E-state index in [-0.39, 0.29) is 0 Å². The molecule has 0 bridgehead atoms. The molecular formula is C24H27NO2. The highest BCUT2D eigenvalue weighted by atomic mass is 16.3. The van der Waals surface area contributed by atoms with Gasteiger partial charge in [-0.1, -0.05) is 36.4 Å². The third kappa shape index (κ3) is 4.42. The van der Waals surface area contributed by atoms with E-state index in [1.807, 2.05) is 24.3 Å². The maximum Gasteiger partial charge on any atom is 0.115 e. The Kier molecular flexibility index (Phi) is 5.30. The number of phenols is 2. The smallest absolute Gasteiger partial charge is 0.115 e. The van der Waals surface area contributed by atoms with Crippen LogP contribution in [0.25, 0.3) is 11.1 Å². The van der Waals surface area contributed by atoms with Gasteiger partial charge in [-0.15, -0.1) is 0 Å². The van der Waals surface area contributed by atoms with Crippen molar-refractivity contribution in [3.8, 4) is 11.5 Å². The van der Waals surface area contributed by atoms with Crippen molar-refractivity contribution in [2.75, 3.05) is 19.6 Å². The Morgan fingerprint density at radius 3 is 1.85 bits per heavy atom. The zero-order valence-electron chi connectivity index (χ0n) is 15.6. The van der Waals surface area contributed by atoms with Crippen molar-refractivity contribution in [3.05, 3.63) is 71.8 Å². The topological polar surface area (TPSA) is 43.7 Å². The van der Waals surface area contributed by atoms with Crippen LogP contribution in [0.3, 0.4) is 0 Å². The summed E-state index contributed by atoms with van der Waals surface area (Å²) in [5.74, 6) is 1.39. The van der Waals surface area contributed by atoms with Crippen LogP contribution in [0.4, 0.5) is 0 Å². The minimum absolute atomic E-state index is 0.328. The van der Waals surface area contributed by atoms with Crippen molar-refractivity contribution in [1.29, 1.82) is 0 Å². The molecule has 1 atom stereocenters. The fourth-order valence-electron chi connectivity index (χ4n) is 4.17. The maximum absolute atomic E-state index is 9.44. The number of hydrogen-bond acceptors (Lipinski definition) is 3. The van der Waals surface area contributed by atoms with Gasteiger partial charge in [0.25, 0.3) is 0 Å². The highest BCUT2D eigenvalue weighted by molar-refractivity contribution is 5.67. The molecule has 3 heteroatoms. The molecule has 2 aromatic rings. The first-order valence-corrected chi connectivity index (χ1v) is 9.86. The molecule has 27 heavy (non-hydrogen) atoms. The second kappa shape index (κ2) is 8.01. The fourth-order valence-corrected chi connectivity index (χ4v) is 4.17. The van der Waals surface area contributed by atoms with Crippen LogP contribution in [0.1, 0.15) is 36.8 Å². The summed E-state index contributed by atoms with van der Waals surface area (Å²) in [4.78, 5) is 2.56. The molecule has 4 rings (SSSR count). The number of allylic oxidation sites excluding steroid dienone is 2. The van der Waals surface area contributed by atoms with Gasteiger partial charge >= 0.3 is 0 Å². The summed E-state index contributed by atoms with van der Waals surface area (Å²) in [5.41, 5.74) is 5.28. The molecular weight excluding hydrogens is 334 g/mol. The molecule has 140 valence electrons. The summed E-state index contributed by atoms with van der Waals surface area (Å²) in [6, 6.07) is 15.1. The van der Waals surface area contributed by atoms with E-state index < -0.39 is 0 Å². The van der Waals surface area contributed by atoms with Gasteiger partial charge in [-0.2, -0.15) is 0 Å². The number of hydrogen-bond donors (Lipinski definition) is 2. The van der Waals surface area contributed by atoms with Crippen LogP contribution >= 0.6 is 0 Å². The molecule has 1 aliphatic heterocycles. The quantitative estimate of drug-likeness (QED) is 0.799. The van der Waals surface area contributed by atoms with E-state index >= 15 is 0 Å². The van der Waals surface area contributed by atoms with Crippen LogP contribution in [0.2, 0.25) is 0 Å². The third-order valence-corrected chi connectivity index (χ3v) is 5.81. The number of rotatable bonds is 4.